The topological polar surface area (TPSA) is 102 Å². The van der Waals surface area contributed by atoms with Crippen LogP contribution in [0.15, 0.2) is 51.1 Å². The molecule has 1 N–H and O–H groups in total. The molecule has 3 aromatic rings. The van der Waals surface area contributed by atoms with Crippen LogP contribution >= 0.6 is 11.3 Å². The normalized spacial score (nSPS) is 17.2. The fourth-order valence-electron chi connectivity index (χ4n) is 3.68. The molecule has 1 aliphatic rings. The highest BCUT2D eigenvalue weighted by molar-refractivity contribution is 7.89. The van der Waals surface area contributed by atoms with Gasteiger partial charge in [-0.05, 0) is 56.2 Å². The zero-order chi connectivity index (χ0) is 22.7. The van der Waals surface area contributed by atoms with Gasteiger partial charge in [0.15, 0.2) is 5.76 Å². The van der Waals surface area contributed by atoms with E-state index in [2.05, 4.69) is 10.3 Å². The summed E-state index contributed by atoms with van der Waals surface area (Å²) in [5, 5.41) is 5.76. The standard InChI is InChI=1S/C22H25N3O5S2/c1-15-24-20(14-31-15)21-10-7-18(30-21)12-23-22(26)16-4-3-11-25(13-16)32(27,28)19-8-5-17(29-2)6-9-19/h5-10,14,16H,3-4,11-13H2,1-2H3,(H,23,26). The van der Waals surface area contributed by atoms with Crippen LogP contribution in [0.4, 0.5) is 0 Å². The van der Waals surface area contributed by atoms with E-state index < -0.39 is 15.9 Å². The quantitative estimate of drug-likeness (QED) is 0.562. The van der Waals surface area contributed by atoms with Crippen LogP contribution in [0.25, 0.3) is 11.5 Å². The Morgan fingerprint density at radius 2 is 2.06 bits per heavy atom. The van der Waals surface area contributed by atoms with Gasteiger partial charge < -0.3 is 14.5 Å². The molecule has 2 aromatic heterocycles. The summed E-state index contributed by atoms with van der Waals surface area (Å²) < 4.78 is 38.3. The van der Waals surface area contributed by atoms with Gasteiger partial charge in [-0.25, -0.2) is 13.4 Å². The van der Waals surface area contributed by atoms with E-state index in [1.54, 1.807) is 23.5 Å². The summed E-state index contributed by atoms with van der Waals surface area (Å²) in [4.78, 5) is 17.3. The zero-order valence-electron chi connectivity index (χ0n) is 17.9. The summed E-state index contributed by atoms with van der Waals surface area (Å²) in [6.07, 6.45) is 1.27. The van der Waals surface area contributed by atoms with Gasteiger partial charge in [-0.2, -0.15) is 4.31 Å². The van der Waals surface area contributed by atoms with Crippen molar-refractivity contribution in [1.29, 1.82) is 0 Å². The number of benzene rings is 1. The van der Waals surface area contributed by atoms with E-state index in [0.717, 1.165) is 10.7 Å². The number of nitrogens with zero attached hydrogens (tertiary/aromatic N) is 2. The van der Waals surface area contributed by atoms with Gasteiger partial charge in [-0.15, -0.1) is 11.3 Å². The number of sulfonamides is 1. The second kappa shape index (κ2) is 9.43. The van der Waals surface area contributed by atoms with Gasteiger partial charge in [0.25, 0.3) is 0 Å². The van der Waals surface area contributed by atoms with Crippen LogP contribution in [0.3, 0.4) is 0 Å². The number of aromatic nitrogens is 1. The molecule has 170 valence electrons. The first-order chi connectivity index (χ1) is 15.4. The molecule has 0 aliphatic carbocycles. The Labute approximate surface area is 191 Å². The Morgan fingerprint density at radius 1 is 1.28 bits per heavy atom. The number of amides is 1. The monoisotopic (exact) mass is 475 g/mol. The molecule has 8 nitrogen and oxygen atoms in total. The maximum absolute atomic E-state index is 13.0. The molecule has 1 amide bonds. The lowest BCUT2D eigenvalue weighted by molar-refractivity contribution is -0.126. The van der Waals surface area contributed by atoms with Crippen molar-refractivity contribution in [3.63, 3.8) is 0 Å². The highest BCUT2D eigenvalue weighted by atomic mass is 32.2. The third-order valence-electron chi connectivity index (χ3n) is 5.42. The molecule has 0 spiro atoms. The van der Waals surface area contributed by atoms with Crippen molar-refractivity contribution in [2.24, 2.45) is 5.92 Å². The van der Waals surface area contributed by atoms with Crippen LogP contribution in [-0.2, 0) is 21.4 Å². The average Bonchev–Trinajstić information content (AvgIpc) is 3.46. The second-order valence-corrected chi connectivity index (χ2v) is 10.6. The first-order valence-electron chi connectivity index (χ1n) is 10.3. The molecular weight excluding hydrogens is 450 g/mol. The van der Waals surface area contributed by atoms with E-state index in [1.165, 1.54) is 23.5 Å². The lowest BCUT2D eigenvalue weighted by Crippen LogP contribution is -2.45. The van der Waals surface area contributed by atoms with Crippen LogP contribution < -0.4 is 10.1 Å². The molecule has 1 atom stereocenters. The van der Waals surface area contributed by atoms with Gasteiger partial charge in [0.05, 0.1) is 29.5 Å². The van der Waals surface area contributed by atoms with Crippen molar-refractivity contribution in [2.75, 3.05) is 20.2 Å². The summed E-state index contributed by atoms with van der Waals surface area (Å²) in [7, 11) is -2.14. The van der Waals surface area contributed by atoms with Gasteiger partial charge in [0.1, 0.15) is 17.2 Å². The SMILES string of the molecule is COc1ccc(S(=O)(=O)N2CCCC(C(=O)NCc3ccc(-c4csc(C)n4)o3)C2)cc1. The van der Waals surface area contributed by atoms with Crippen LogP contribution in [-0.4, -0.2) is 43.8 Å². The first-order valence-corrected chi connectivity index (χ1v) is 12.6. The van der Waals surface area contributed by atoms with E-state index in [4.69, 9.17) is 9.15 Å². The van der Waals surface area contributed by atoms with Crippen LogP contribution in [0.2, 0.25) is 0 Å². The summed E-state index contributed by atoms with van der Waals surface area (Å²) in [5.41, 5.74) is 0.775. The first kappa shape index (κ1) is 22.5. The Balaban J connectivity index is 1.36. The third kappa shape index (κ3) is 4.87. The molecule has 1 aliphatic heterocycles. The van der Waals surface area contributed by atoms with Crippen LogP contribution in [0.5, 0.6) is 5.75 Å². The predicted molar refractivity (Wildman–Crippen MR) is 121 cm³/mol. The Bertz CT molecular complexity index is 1180. The zero-order valence-corrected chi connectivity index (χ0v) is 19.5. The number of hydrogen-bond donors (Lipinski definition) is 1. The number of rotatable bonds is 7. The summed E-state index contributed by atoms with van der Waals surface area (Å²) in [6, 6.07) is 9.93. The molecule has 0 bridgehead atoms. The molecule has 1 fully saturated rings. The number of hydrogen-bond acceptors (Lipinski definition) is 7. The molecule has 0 saturated carbocycles. The molecule has 1 aromatic carbocycles. The van der Waals surface area contributed by atoms with Crippen molar-refractivity contribution in [1.82, 2.24) is 14.6 Å². The van der Waals surface area contributed by atoms with Gasteiger partial charge in [0.2, 0.25) is 15.9 Å². The van der Waals surface area contributed by atoms with E-state index >= 15 is 0 Å². The molecule has 1 unspecified atom stereocenters. The number of methoxy groups -OCH3 is 1. The molecule has 10 heteroatoms. The fraction of sp³-hybridized carbons (Fsp3) is 0.364. The van der Waals surface area contributed by atoms with Gasteiger partial charge in [0, 0.05) is 18.5 Å². The van der Waals surface area contributed by atoms with E-state index in [-0.39, 0.29) is 23.9 Å². The lowest BCUT2D eigenvalue weighted by atomic mass is 9.99. The number of aryl methyl sites for hydroxylation is 1. The molecule has 1 saturated heterocycles. The number of thiazole rings is 1. The van der Waals surface area contributed by atoms with Gasteiger partial charge in [-0.1, -0.05) is 0 Å². The summed E-state index contributed by atoms with van der Waals surface area (Å²) in [5.74, 6) is 1.28. The highest BCUT2D eigenvalue weighted by Crippen LogP contribution is 2.26. The smallest absolute Gasteiger partial charge is 0.243 e. The Morgan fingerprint density at radius 3 is 2.75 bits per heavy atom. The Kier molecular flexibility index (Phi) is 6.63. The van der Waals surface area contributed by atoms with E-state index in [0.29, 0.717) is 36.7 Å². The summed E-state index contributed by atoms with van der Waals surface area (Å²) >= 11 is 1.55. The van der Waals surface area contributed by atoms with E-state index in [9.17, 15) is 13.2 Å². The van der Waals surface area contributed by atoms with Crippen molar-refractivity contribution in [3.8, 4) is 17.2 Å². The van der Waals surface area contributed by atoms with Crippen molar-refractivity contribution in [3.05, 3.63) is 52.5 Å². The third-order valence-corrected chi connectivity index (χ3v) is 8.07. The fourth-order valence-corrected chi connectivity index (χ4v) is 5.80. The molecule has 4 rings (SSSR count). The van der Waals surface area contributed by atoms with Gasteiger partial charge >= 0.3 is 0 Å². The van der Waals surface area contributed by atoms with Crippen molar-refractivity contribution >= 4 is 27.3 Å². The predicted octanol–water partition coefficient (Wildman–Crippen LogP) is 3.44. The highest BCUT2D eigenvalue weighted by Gasteiger charge is 2.33. The lowest BCUT2D eigenvalue weighted by Gasteiger charge is -2.31. The molecular formula is C22H25N3O5S2. The minimum atomic E-state index is -3.67. The summed E-state index contributed by atoms with van der Waals surface area (Å²) in [6.45, 7) is 2.72. The van der Waals surface area contributed by atoms with Crippen molar-refractivity contribution in [2.45, 2.75) is 31.2 Å². The van der Waals surface area contributed by atoms with E-state index in [1.807, 2.05) is 24.4 Å². The largest absolute Gasteiger partial charge is 0.497 e. The maximum atomic E-state index is 13.0. The van der Waals surface area contributed by atoms with Crippen LogP contribution in [0, 0.1) is 12.8 Å². The average molecular weight is 476 g/mol. The second-order valence-electron chi connectivity index (χ2n) is 7.61. The number of furan rings is 1. The maximum Gasteiger partial charge on any atom is 0.243 e. The number of ether oxygens (including phenoxy) is 1. The molecule has 32 heavy (non-hydrogen) atoms. The van der Waals surface area contributed by atoms with Gasteiger partial charge in [-0.3, -0.25) is 4.79 Å². The molecule has 3 heterocycles. The number of nitrogens with one attached hydrogen (secondary N) is 1. The van der Waals surface area contributed by atoms with Crippen molar-refractivity contribution < 1.29 is 22.4 Å². The Hall–Kier alpha value is -2.69. The number of carbonyl (C=O) groups is 1. The number of carbonyl (C=O) groups excluding carboxylic acids is 1. The number of piperidine rings is 1. The molecule has 0 radical (unpaired) electrons. The van der Waals surface area contributed by atoms with Crippen LogP contribution in [0.1, 0.15) is 23.6 Å². The minimum Gasteiger partial charge on any atom is -0.497 e. The minimum absolute atomic E-state index is 0.154.